The summed E-state index contributed by atoms with van der Waals surface area (Å²) in [6, 6.07) is 8.23. The maximum absolute atomic E-state index is 12.5. The molecule has 1 amide bonds. The van der Waals surface area contributed by atoms with Crippen LogP contribution < -0.4 is 0 Å². The van der Waals surface area contributed by atoms with E-state index in [-0.39, 0.29) is 5.91 Å². The van der Waals surface area contributed by atoms with Gasteiger partial charge < -0.3 is 14.2 Å². The van der Waals surface area contributed by atoms with Crippen LogP contribution in [0.4, 0.5) is 0 Å². The van der Waals surface area contributed by atoms with Crippen molar-refractivity contribution >= 4 is 5.91 Å². The summed E-state index contributed by atoms with van der Waals surface area (Å²) < 4.78 is 10.7. The van der Waals surface area contributed by atoms with Crippen molar-refractivity contribution in [3.05, 3.63) is 35.7 Å². The first-order valence-electron chi connectivity index (χ1n) is 9.49. The van der Waals surface area contributed by atoms with Crippen LogP contribution in [0.5, 0.6) is 0 Å². The van der Waals surface area contributed by atoms with Gasteiger partial charge in [-0.05, 0) is 19.4 Å². The topological polar surface area (TPSA) is 71.7 Å². The van der Waals surface area contributed by atoms with E-state index in [0.717, 1.165) is 37.4 Å². The van der Waals surface area contributed by atoms with Gasteiger partial charge in [0.05, 0.1) is 13.2 Å². The van der Waals surface area contributed by atoms with Crippen molar-refractivity contribution in [2.24, 2.45) is 0 Å². The maximum atomic E-state index is 12.5. The monoisotopic (exact) mass is 372 g/mol. The molecule has 0 aliphatic carbocycles. The van der Waals surface area contributed by atoms with E-state index in [9.17, 15) is 4.79 Å². The highest BCUT2D eigenvalue weighted by Gasteiger charge is 2.21. The minimum atomic E-state index is 0.0887. The van der Waals surface area contributed by atoms with E-state index in [0.29, 0.717) is 37.1 Å². The number of aryl methyl sites for hydroxylation is 2. The first kappa shape index (κ1) is 19.5. The lowest BCUT2D eigenvalue weighted by Gasteiger charge is -2.34. The zero-order valence-corrected chi connectivity index (χ0v) is 16.4. The Bertz CT molecular complexity index is 755. The molecule has 0 N–H and O–H groups in total. The average Bonchev–Trinajstić information content (AvgIpc) is 3.15. The summed E-state index contributed by atoms with van der Waals surface area (Å²) in [5.41, 5.74) is 2.05. The highest BCUT2D eigenvalue weighted by atomic mass is 16.5. The minimum Gasteiger partial charge on any atom is -0.379 e. The van der Waals surface area contributed by atoms with Crippen molar-refractivity contribution in [3.63, 3.8) is 0 Å². The number of rotatable bonds is 7. The van der Waals surface area contributed by atoms with Gasteiger partial charge in [0.25, 0.3) is 0 Å². The van der Waals surface area contributed by atoms with E-state index < -0.39 is 0 Å². The fourth-order valence-electron chi connectivity index (χ4n) is 3.33. The van der Waals surface area contributed by atoms with Gasteiger partial charge in [0.2, 0.25) is 17.6 Å². The summed E-state index contributed by atoms with van der Waals surface area (Å²) in [4.78, 5) is 21.0. The second-order valence-electron chi connectivity index (χ2n) is 7.10. The molecule has 0 spiro atoms. The molecule has 1 fully saturated rings. The van der Waals surface area contributed by atoms with Gasteiger partial charge in [0.15, 0.2) is 0 Å². The van der Waals surface area contributed by atoms with Gasteiger partial charge in [0, 0.05) is 51.1 Å². The molecule has 3 rings (SSSR count). The first-order chi connectivity index (χ1) is 13.0. The quantitative estimate of drug-likeness (QED) is 0.742. The number of likely N-dealkylation sites (N-methyl/N-ethyl adjacent to an activating group) is 1. The second kappa shape index (κ2) is 9.10. The number of nitrogens with zero attached hydrogens (tertiary/aromatic N) is 4. The Morgan fingerprint density at radius 3 is 2.78 bits per heavy atom. The number of morpholine rings is 1. The molecule has 0 saturated carbocycles. The van der Waals surface area contributed by atoms with Gasteiger partial charge >= 0.3 is 0 Å². The van der Waals surface area contributed by atoms with E-state index in [1.54, 1.807) is 4.90 Å². The van der Waals surface area contributed by atoms with Crippen molar-refractivity contribution < 1.29 is 14.1 Å². The maximum Gasteiger partial charge on any atom is 0.227 e. The molecule has 7 heteroatoms. The summed E-state index contributed by atoms with van der Waals surface area (Å²) in [5, 5.41) is 4.05. The van der Waals surface area contributed by atoms with Crippen molar-refractivity contribution in [1.29, 1.82) is 0 Å². The van der Waals surface area contributed by atoms with Crippen molar-refractivity contribution in [3.8, 4) is 11.4 Å². The Morgan fingerprint density at radius 1 is 1.30 bits per heavy atom. The van der Waals surface area contributed by atoms with Crippen molar-refractivity contribution in [2.75, 3.05) is 39.9 Å². The molecule has 7 nitrogen and oxygen atoms in total. The number of aromatic nitrogens is 2. The molecular weight excluding hydrogens is 344 g/mol. The van der Waals surface area contributed by atoms with Crippen LogP contribution in [0.25, 0.3) is 11.4 Å². The van der Waals surface area contributed by atoms with E-state index in [1.165, 1.54) is 0 Å². The lowest BCUT2D eigenvalue weighted by molar-refractivity contribution is -0.130. The molecule has 2 heterocycles. The van der Waals surface area contributed by atoms with Crippen LogP contribution in [0.1, 0.15) is 24.8 Å². The summed E-state index contributed by atoms with van der Waals surface area (Å²) in [5.74, 6) is 1.16. The third-order valence-electron chi connectivity index (χ3n) is 5.04. The Hall–Kier alpha value is -2.25. The molecule has 1 aromatic heterocycles. The molecule has 0 radical (unpaired) electrons. The summed E-state index contributed by atoms with van der Waals surface area (Å²) in [7, 11) is 1.85. The number of carbonyl (C=O) groups is 1. The molecule has 0 bridgehead atoms. The zero-order chi connectivity index (χ0) is 19.2. The van der Waals surface area contributed by atoms with Gasteiger partial charge in [-0.15, -0.1) is 0 Å². The van der Waals surface area contributed by atoms with E-state index >= 15 is 0 Å². The molecule has 1 atom stereocenters. The summed E-state index contributed by atoms with van der Waals surface area (Å²) >= 11 is 0. The van der Waals surface area contributed by atoms with Crippen LogP contribution in [0.3, 0.4) is 0 Å². The molecule has 1 aliphatic rings. The molecular formula is C20H28N4O3. The first-order valence-corrected chi connectivity index (χ1v) is 9.49. The third-order valence-corrected chi connectivity index (χ3v) is 5.04. The molecule has 27 heavy (non-hydrogen) atoms. The Balaban J connectivity index is 1.49. The largest absolute Gasteiger partial charge is 0.379 e. The average molecular weight is 372 g/mol. The standard InChI is InChI=1S/C20H28N4O3/c1-15-6-4-5-7-17(15)20-21-18(27-22-20)8-9-19(25)23(3)14-16(2)24-10-12-26-13-11-24/h4-7,16H,8-14H2,1-3H3/t16-/m1/s1. The van der Waals surface area contributed by atoms with E-state index in [2.05, 4.69) is 22.0 Å². The number of ether oxygens (including phenoxy) is 1. The number of carbonyl (C=O) groups excluding carboxylic acids is 1. The fourth-order valence-corrected chi connectivity index (χ4v) is 3.33. The predicted molar refractivity (Wildman–Crippen MR) is 102 cm³/mol. The molecule has 1 aromatic carbocycles. The molecule has 0 unspecified atom stereocenters. The van der Waals surface area contributed by atoms with Gasteiger partial charge in [-0.2, -0.15) is 4.98 Å². The van der Waals surface area contributed by atoms with Gasteiger partial charge in [-0.3, -0.25) is 9.69 Å². The van der Waals surface area contributed by atoms with E-state index in [1.807, 2.05) is 38.2 Å². The Labute approximate surface area is 160 Å². The SMILES string of the molecule is Cc1ccccc1-c1noc(CCC(=O)N(C)C[C@@H](C)N2CCOCC2)n1. The number of benzene rings is 1. The highest BCUT2D eigenvalue weighted by molar-refractivity contribution is 5.76. The number of hydrogen-bond donors (Lipinski definition) is 0. The minimum absolute atomic E-state index is 0.0887. The normalized spacial score (nSPS) is 16.3. The van der Waals surface area contributed by atoms with Crippen molar-refractivity contribution in [1.82, 2.24) is 19.9 Å². The van der Waals surface area contributed by atoms with Crippen LogP contribution >= 0.6 is 0 Å². The summed E-state index contributed by atoms with van der Waals surface area (Å²) in [6.07, 6.45) is 0.815. The zero-order valence-electron chi connectivity index (χ0n) is 16.4. The smallest absolute Gasteiger partial charge is 0.227 e. The molecule has 146 valence electrons. The predicted octanol–water partition coefficient (Wildman–Crippen LogP) is 2.16. The van der Waals surface area contributed by atoms with Gasteiger partial charge in [-0.1, -0.05) is 29.4 Å². The fraction of sp³-hybridized carbons (Fsp3) is 0.550. The number of hydrogen-bond acceptors (Lipinski definition) is 6. The number of amides is 1. The second-order valence-corrected chi connectivity index (χ2v) is 7.10. The van der Waals surface area contributed by atoms with Gasteiger partial charge in [0.1, 0.15) is 0 Å². The molecule has 1 aliphatic heterocycles. The lowest BCUT2D eigenvalue weighted by atomic mass is 10.1. The Morgan fingerprint density at radius 2 is 2.04 bits per heavy atom. The van der Waals surface area contributed by atoms with Crippen LogP contribution in [0.2, 0.25) is 0 Å². The van der Waals surface area contributed by atoms with Gasteiger partial charge in [-0.25, -0.2) is 0 Å². The Kier molecular flexibility index (Phi) is 6.58. The highest BCUT2D eigenvalue weighted by Crippen LogP contribution is 2.20. The van der Waals surface area contributed by atoms with E-state index in [4.69, 9.17) is 9.26 Å². The van der Waals surface area contributed by atoms with Crippen molar-refractivity contribution in [2.45, 2.75) is 32.7 Å². The molecule has 1 saturated heterocycles. The third kappa shape index (κ3) is 5.14. The van der Waals surface area contributed by atoms with Crippen LogP contribution in [-0.2, 0) is 16.0 Å². The lowest BCUT2D eigenvalue weighted by Crippen LogP contribution is -2.47. The van der Waals surface area contributed by atoms with Crippen LogP contribution in [0.15, 0.2) is 28.8 Å². The van der Waals surface area contributed by atoms with Crippen LogP contribution in [0, 0.1) is 6.92 Å². The van der Waals surface area contributed by atoms with Crippen LogP contribution in [-0.4, -0.2) is 71.8 Å². The molecule has 2 aromatic rings. The summed E-state index contributed by atoms with van der Waals surface area (Å²) in [6.45, 7) is 8.25.